The van der Waals surface area contributed by atoms with Crippen LogP contribution in [0.15, 0.2) is 42.5 Å². The van der Waals surface area contributed by atoms with Crippen LogP contribution in [0.3, 0.4) is 0 Å². The minimum Gasteiger partial charge on any atom is -0.368 e. The van der Waals surface area contributed by atoms with E-state index < -0.39 is 0 Å². The molecular weight excluding hydrogens is 395 g/mol. The Kier molecular flexibility index (Phi) is 5.32. The molecule has 3 rings (SSSR count). The van der Waals surface area contributed by atoms with E-state index in [1.807, 2.05) is 0 Å². The fourth-order valence-corrected chi connectivity index (χ4v) is 3.05. The number of aromatic nitrogens is 2. The van der Waals surface area contributed by atoms with Crippen LogP contribution in [0.4, 0.5) is 17.5 Å². The molecule has 0 aliphatic rings. The molecule has 3 N–H and O–H groups in total. The molecule has 1 heterocycles. The second kappa shape index (κ2) is 7.50. The number of rotatable bonds is 4. The van der Waals surface area contributed by atoms with E-state index >= 15 is 0 Å². The van der Waals surface area contributed by atoms with Crippen molar-refractivity contribution in [1.82, 2.24) is 9.97 Å². The van der Waals surface area contributed by atoms with Crippen LogP contribution in [-0.2, 0) is 0 Å². The van der Waals surface area contributed by atoms with E-state index in [0.29, 0.717) is 37.7 Å². The van der Waals surface area contributed by atoms with Crippen molar-refractivity contribution < 1.29 is 4.79 Å². The van der Waals surface area contributed by atoms with Crippen LogP contribution in [0.1, 0.15) is 17.3 Å². The number of hydrogen-bond donors (Lipinski definition) is 2. The van der Waals surface area contributed by atoms with E-state index in [0.717, 1.165) is 5.69 Å². The molecule has 0 spiro atoms. The average molecular weight is 408 g/mol. The number of Topliss-reactive ketones (excluding diaryl/α,β-unsaturated/α-hetero) is 1. The van der Waals surface area contributed by atoms with E-state index in [2.05, 4.69) is 15.3 Å². The van der Waals surface area contributed by atoms with E-state index in [4.69, 9.17) is 40.5 Å². The lowest BCUT2D eigenvalue weighted by Gasteiger charge is -2.11. The van der Waals surface area contributed by atoms with Crippen LogP contribution >= 0.6 is 34.8 Å². The normalized spacial score (nSPS) is 10.6. The molecule has 26 heavy (non-hydrogen) atoms. The summed E-state index contributed by atoms with van der Waals surface area (Å²) in [5, 5.41) is 4.19. The van der Waals surface area contributed by atoms with Crippen LogP contribution < -0.4 is 11.1 Å². The van der Waals surface area contributed by atoms with Crippen molar-refractivity contribution >= 4 is 58.0 Å². The molecule has 5 nitrogen and oxygen atoms in total. The summed E-state index contributed by atoms with van der Waals surface area (Å²) in [6.45, 7) is 1.51. The van der Waals surface area contributed by atoms with E-state index in [1.54, 1.807) is 42.5 Å². The van der Waals surface area contributed by atoms with Crippen molar-refractivity contribution in [3.05, 3.63) is 63.1 Å². The number of halogens is 3. The van der Waals surface area contributed by atoms with Crippen LogP contribution in [0, 0.1) is 0 Å². The number of benzene rings is 2. The van der Waals surface area contributed by atoms with Gasteiger partial charge < -0.3 is 11.1 Å². The van der Waals surface area contributed by atoms with Gasteiger partial charge in [-0.25, -0.2) is 4.98 Å². The van der Waals surface area contributed by atoms with Gasteiger partial charge in [0.25, 0.3) is 0 Å². The van der Waals surface area contributed by atoms with Gasteiger partial charge in [-0.2, -0.15) is 4.98 Å². The Bertz CT molecular complexity index is 990. The quantitative estimate of drug-likeness (QED) is 0.432. The summed E-state index contributed by atoms with van der Waals surface area (Å²) in [6, 6.07) is 11.9. The van der Waals surface area contributed by atoms with Crippen LogP contribution in [0.2, 0.25) is 15.1 Å². The molecule has 0 radical (unpaired) electrons. The number of ketones is 1. The molecule has 0 fully saturated rings. The molecule has 0 unspecified atom stereocenters. The fraction of sp³-hybridized carbons (Fsp3) is 0.0556. The fourth-order valence-electron chi connectivity index (χ4n) is 2.35. The number of nitrogens with one attached hydrogen (secondary N) is 1. The first-order valence-electron chi connectivity index (χ1n) is 7.51. The zero-order valence-corrected chi connectivity index (χ0v) is 15.8. The molecule has 0 atom stereocenters. The van der Waals surface area contributed by atoms with Gasteiger partial charge in [-0.15, -0.1) is 0 Å². The highest BCUT2D eigenvalue weighted by atomic mass is 35.5. The Labute approximate surface area is 165 Å². The minimum atomic E-state index is -0.00223. The first kappa shape index (κ1) is 18.5. The second-order valence-corrected chi connectivity index (χ2v) is 6.73. The van der Waals surface area contributed by atoms with Crippen molar-refractivity contribution in [2.24, 2.45) is 0 Å². The number of anilines is 3. The smallest absolute Gasteiger partial charge is 0.222 e. The maximum absolute atomic E-state index is 11.4. The van der Waals surface area contributed by atoms with Crippen molar-refractivity contribution in [1.29, 1.82) is 0 Å². The zero-order chi connectivity index (χ0) is 18.8. The summed E-state index contributed by atoms with van der Waals surface area (Å²) < 4.78 is 0. The summed E-state index contributed by atoms with van der Waals surface area (Å²) in [5.74, 6) is 0.533. The summed E-state index contributed by atoms with van der Waals surface area (Å²) in [5.41, 5.74) is 8.22. The molecule has 132 valence electrons. The lowest BCUT2D eigenvalue weighted by Crippen LogP contribution is -2.02. The topological polar surface area (TPSA) is 80.9 Å². The number of carbonyl (C=O) groups is 1. The van der Waals surface area contributed by atoms with Crippen LogP contribution in [-0.4, -0.2) is 15.8 Å². The number of nitrogens with two attached hydrogens (primary N) is 1. The van der Waals surface area contributed by atoms with Crippen LogP contribution in [0.5, 0.6) is 0 Å². The maximum atomic E-state index is 11.4. The molecule has 0 saturated heterocycles. The third-order valence-electron chi connectivity index (χ3n) is 3.58. The monoisotopic (exact) mass is 406 g/mol. The van der Waals surface area contributed by atoms with E-state index in [1.165, 1.54) is 6.92 Å². The van der Waals surface area contributed by atoms with Crippen molar-refractivity contribution in [2.45, 2.75) is 6.92 Å². The molecule has 0 saturated carbocycles. The average Bonchev–Trinajstić information content (AvgIpc) is 2.58. The first-order chi connectivity index (χ1) is 12.3. The number of hydrogen-bond acceptors (Lipinski definition) is 5. The summed E-state index contributed by atoms with van der Waals surface area (Å²) in [6.07, 6.45) is 0. The maximum Gasteiger partial charge on any atom is 0.222 e. The lowest BCUT2D eigenvalue weighted by atomic mass is 10.1. The predicted octanol–water partition coefficient (Wildman–Crippen LogP) is 5.63. The van der Waals surface area contributed by atoms with Crippen molar-refractivity contribution in [3.63, 3.8) is 0 Å². The third kappa shape index (κ3) is 4.07. The number of nitrogen functional groups attached to an aromatic ring is 1. The Morgan fingerprint density at radius 1 is 1.04 bits per heavy atom. The SMILES string of the molecule is CC(=O)c1ccc(Nc2cc(-c3cc(Cl)cc(Cl)c3Cl)nc(N)n2)cc1. The van der Waals surface area contributed by atoms with Gasteiger partial charge in [-0.1, -0.05) is 34.8 Å². The predicted molar refractivity (Wildman–Crippen MR) is 107 cm³/mol. The van der Waals surface area contributed by atoms with E-state index in [9.17, 15) is 4.79 Å². The van der Waals surface area contributed by atoms with Crippen molar-refractivity contribution in [3.8, 4) is 11.3 Å². The van der Waals surface area contributed by atoms with Gasteiger partial charge in [0, 0.05) is 27.9 Å². The van der Waals surface area contributed by atoms with Gasteiger partial charge in [-0.3, -0.25) is 4.79 Å². The van der Waals surface area contributed by atoms with Gasteiger partial charge in [0.05, 0.1) is 15.7 Å². The zero-order valence-electron chi connectivity index (χ0n) is 13.6. The Morgan fingerprint density at radius 3 is 2.38 bits per heavy atom. The highest BCUT2D eigenvalue weighted by Gasteiger charge is 2.13. The van der Waals surface area contributed by atoms with Gasteiger partial charge in [-0.05, 0) is 43.3 Å². The first-order valence-corrected chi connectivity index (χ1v) is 8.64. The van der Waals surface area contributed by atoms with Crippen LogP contribution in [0.25, 0.3) is 11.3 Å². The number of nitrogens with zero attached hydrogens (tertiary/aromatic N) is 2. The molecular formula is C18H13Cl3N4O. The minimum absolute atomic E-state index is 0.00223. The standard InChI is InChI=1S/C18H13Cl3N4O/c1-9(26)10-2-4-12(5-3-10)23-16-8-15(24-18(22)25-16)13-6-11(19)7-14(20)17(13)21/h2-8H,1H3,(H3,22,23,24,25). The largest absolute Gasteiger partial charge is 0.368 e. The van der Waals surface area contributed by atoms with E-state index in [-0.39, 0.29) is 11.7 Å². The van der Waals surface area contributed by atoms with Gasteiger partial charge in [0.2, 0.25) is 5.95 Å². The molecule has 3 aromatic rings. The Balaban J connectivity index is 1.97. The summed E-state index contributed by atoms with van der Waals surface area (Å²) in [7, 11) is 0. The highest BCUT2D eigenvalue weighted by Crippen LogP contribution is 2.36. The summed E-state index contributed by atoms with van der Waals surface area (Å²) >= 11 is 18.4. The summed E-state index contributed by atoms with van der Waals surface area (Å²) in [4.78, 5) is 19.7. The third-order valence-corrected chi connectivity index (χ3v) is 4.60. The van der Waals surface area contributed by atoms with Gasteiger partial charge >= 0.3 is 0 Å². The Hall–Kier alpha value is -2.34. The van der Waals surface area contributed by atoms with Gasteiger partial charge in [0.1, 0.15) is 5.82 Å². The molecule has 2 aromatic carbocycles. The number of carbonyl (C=O) groups excluding carboxylic acids is 1. The molecule has 1 aromatic heterocycles. The second-order valence-electron chi connectivity index (χ2n) is 5.50. The molecule has 0 bridgehead atoms. The molecule has 0 aliphatic heterocycles. The van der Waals surface area contributed by atoms with Crippen molar-refractivity contribution in [2.75, 3.05) is 11.1 Å². The van der Waals surface area contributed by atoms with Gasteiger partial charge in [0.15, 0.2) is 5.78 Å². The highest BCUT2D eigenvalue weighted by molar-refractivity contribution is 6.45. The molecule has 0 amide bonds. The molecule has 0 aliphatic carbocycles. The Morgan fingerprint density at radius 2 is 1.73 bits per heavy atom. The lowest BCUT2D eigenvalue weighted by molar-refractivity contribution is 0.101. The molecule has 8 heteroatoms.